The van der Waals surface area contributed by atoms with Gasteiger partial charge >= 0.3 is 0 Å². The van der Waals surface area contributed by atoms with Crippen LogP contribution in [0.3, 0.4) is 0 Å². The average molecular weight is 279 g/mol. The second kappa shape index (κ2) is 9.79. The second-order valence-corrected chi connectivity index (χ2v) is 5.16. The van der Waals surface area contributed by atoms with E-state index in [2.05, 4.69) is 12.2 Å². The van der Waals surface area contributed by atoms with E-state index in [1.807, 2.05) is 24.3 Å². The molecule has 0 amide bonds. The first-order valence-corrected chi connectivity index (χ1v) is 7.61. The molecule has 1 aromatic rings. The molecule has 0 heterocycles. The van der Waals surface area contributed by atoms with E-state index < -0.39 is 0 Å². The third-order valence-corrected chi connectivity index (χ3v) is 3.55. The third-order valence-electron chi connectivity index (χ3n) is 3.17. The predicted molar refractivity (Wildman–Crippen MR) is 86.1 cm³/mol. The first kappa shape index (κ1) is 16.0. The quantitative estimate of drug-likeness (QED) is 0.537. The molecule has 0 aliphatic rings. The summed E-state index contributed by atoms with van der Waals surface area (Å²) in [5.74, 6) is 0.863. The van der Waals surface area contributed by atoms with Crippen molar-refractivity contribution in [2.75, 3.05) is 13.7 Å². The van der Waals surface area contributed by atoms with E-state index >= 15 is 0 Å². The van der Waals surface area contributed by atoms with Gasteiger partial charge in [-0.25, -0.2) is 0 Å². The molecule has 0 aliphatic carbocycles. The minimum absolute atomic E-state index is 0.830. The summed E-state index contributed by atoms with van der Waals surface area (Å²) in [5.41, 5.74) is 1.06. The number of unbranched alkanes of at least 4 members (excludes halogenated alkanes) is 5. The van der Waals surface area contributed by atoms with Gasteiger partial charge in [-0.2, -0.15) is 0 Å². The fourth-order valence-electron chi connectivity index (χ4n) is 1.95. The molecule has 0 aliphatic heterocycles. The lowest BCUT2D eigenvalue weighted by Crippen LogP contribution is -2.23. The molecule has 1 aromatic carbocycles. The SMILES string of the molecule is CCCCCCCCNC(=S)c1ccc(OC)cc1. The summed E-state index contributed by atoms with van der Waals surface area (Å²) in [7, 11) is 1.67. The van der Waals surface area contributed by atoms with E-state index in [1.165, 1.54) is 38.5 Å². The van der Waals surface area contributed by atoms with Gasteiger partial charge < -0.3 is 10.1 Å². The average Bonchev–Trinajstić information content (AvgIpc) is 2.46. The maximum atomic E-state index is 5.37. The van der Waals surface area contributed by atoms with Gasteiger partial charge in [-0.3, -0.25) is 0 Å². The van der Waals surface area contributed by atoms with Gasteiger partial charge in [-0.05, 0) is 30.7 Å². The molecule has 1 N–H and O–H groups in total. The van der Waals surface area contributed by atoms with E-state index in [0.717, 1.165) is 22.8 Å². The molecule has 0 fully saturated rings. The third kappa shape index (κ3) is 6.58. The van der Waals surface area contributed by atoms with Crippen molar-refractivity contribution in [2.24, 2.45) is 0 Å². The molecule has 0 atom stereocenters. The number of nitrogens with one attached hydrogen (secondary N) is 1. The second-order valence-electron chi connectivity index (χ2n) is 4.75. The molecule has 0 spiro atoms. The summed E-state index contributed by atoms with van der Waals surface area (Å²) < 4.78 is 5.13. The number of rotatable bonds is 9. The number of hydrogen-bond donors (Lipinski definition) is 1. The zero-order chi connectivity index (χ0) is 13.9. The number of hydrogen-bond acceptors (Lipinski definition) is 2. The summed E-state index contributed by atoms with van der Waals surface area (Å²) in [5, 5.41) is 3.32. The first-order chi connectivity index (χ1) is 9.27. The van der Waals surface area contributed by atoms with Crippen LogP contribution in [-0.2, 0) is 0 Å². The summed E-state index contributed by atoms with van der Waals surface area (Å²) in [6, 6.07) is 7.87. The molecule has 0 bridgehead atoms. The maximum absolute atomic E-state index is 5.37. The fourth-order valence-corrected chi connectivity index (χ4v) is 2.19. The van der Waals surface area contributed by atoms with E-state index in [-0.39, 0.29) is 0 Å². The summed E-state index contributed by atoms with van der Waals surface area (Å²) >= 11 is 5.37. The highest BCUT2D eigenvalue weighted by Gasteiger charge is 2.00. The van der Waals surface area contributed by atoms with Crippen LogP contribution in [0.15, 0.2) is 24.3 Å². The largest absolute Gasteiger partial charge is 0.497 e. The van der Waals surface area contributed by atoms with Crippen molar-refractivity contribution in [1.29, 1.82) is 0 Å². The number of thiocarbonyl (C=S) groups is 1. The molecule has 19 heavy (non-hydrogen) atoms. The lowest BCUT2D eigenvalue weighted by molar-refractivity contribution is 0.415. The molecule has 1 rings (SSSR count). The van der Waals surface area contributed by atoms with Gasteiger partial charge in [0.2, 0.25) is 0 Å². The zero-order valence-electron chi connectivity index (χ0n) is 12.1. The standard InChI is InChI=1S/C16H25NOS/c1-3-4-5-6-7-8-13-17-16(19)14-9-11-15(18-2)12-10-14/h9-12H,3-8,13H2,1-2H3,(H,17,19). The van der Waals surface area contributed by atoms with Gasteiger partial charge in [0.05, 0.1) is 7.11 Å². The minimum Gasteiger partial charge on any atom is -0.497 e. The van der Waals surface area contributed by atoms with Crippen molar-refractivity contribution < 1.29 is 4.74 Å². The van der Waals surface area contributed by atoms with Gasteiger partial charge in [0.15, 0.2) is 0 Å². The van der Waals surface area contributed by atoms with Crippen LogP contribution in [0.4, 0.5) is 0 Å². The summed E-state index contributed by atoms with van der Waals surface area (Å²) in [6.07, 6.45) is 7.85. The van der Waals surface area contributed by atoms with Crippen LogP contribution in [0.1, 0.15) is 51.0 Å². The Morgan fingerprint density at radius 3 is 2.32 bits per heavy atom. The Morgan fingerprint density at radius 2 is 1.68 bits per heavy atom. The molecular weight excluding hydrogens is 254 g/mol. The molecule has 0 unspecified atom stereocenters. The highest BCUT2D eigenvalue weighted by atomic mass is 32.1. The van der Waals surface area contributed by atoms with Gasteiger partial charge in [-0.15, -0.1) is 0 Å². The smallest absolute Gasteiger partial charge is 0.118 e. The maximum Gasteiger partial charge on any atom is 0.118 e. The topological polar surface area (TPSA) is 21.3 Å². The summed E-state index contributed by atoms with van der Waals surface area (Å²) in [4.78, 5) is 0.830. The molecule has 0 saturated carbocycles. The van der Waals surface area contributed by atoms with Crippen LogP contribution >= 0.6 is 12.2 Å². The van der Waals surface area contributed by atoms with Crippen molar-refractivity contribution in [3.8, 4) is 5.75 Å². The fraction of sp³-hybridized carbons (Fsp3) is 0.562. The molecule has 106 valence electrons. The highest BCUT2D eigenvalue weighted by Crippen LogP contribution is 2.11. The predicted octanol–water partition coefficient (Wildman–Crippen LogP) is 4.32. The van der Waals surface area contributed by atoms with Crippen LogP contribution in [-0.4, -0.2) is 18.6 Å². The van der Waals surface area contributed by atoms with E-state index in [9.17, 15) is 0 Å². The van der Waals surface area contributed by atoms with Gasteiger partial charge in [-0.1, -0.05) is 51.2 Å². The molecule has 0 radical (unpaired) electrons. The Hall–Kier alpha value is -1.09. The number of benzene rings is 1. The van der Waals surface area contributed by atoms with Crippen molar-refractivity contribution in [3.63, 3.8) is 0 Å². The van der Waals surface area contributed by atoms with Gasteiger partial charge in [0.25, 0.3) is 0 Å². The normalized spacial score (nSPS) is 10.2. The van der Waals surface area contributed by atoms with Crippen molar-refractivity contribution in [1.82, 2.24) is 5.32 Å². The van der Waals surface area contributed by atoms with Crippen molar-refractivity contribution in [3.05, 3.63) is 29.8 Å². The summed E-state index contributed by atoms with van der Waals surface area (Å²) in [6.45, 7) is 3.21. The molecular formula is C16H25NOS. The number of methoxy groups -OCH3 is 1. The Bertz CT molecular complexity index is 362. The lowest BCUT2D eigenvalue weighted by Gasteiger charge is -2.08. The monoisotopic (exact) mass is 279 g/mol. The highest BCUT2D eigenvalue weighted by molar-refractivity contribution is 7.80. The van der Waals surface area contributed by atoms with Gasteiger partial charge in [0, 0.05) is 12.1 Å². The Balaban J connectivity index is 2.16. The molecule has 0 saturated heterocycles. The minimum atomic E-state index is 0.830. The van der Waals surface area contributed by atoms with Gasteiger partial charge in [0.1, 0.15) is 10.7 Å². The van der Waals surface area contributed by atoms with Crippen LogP contribution in [0, 0.1) is 0 Å². The molecule has 3 heteroatoms. The molecule has 2 nitrogen and oxygen atoms in total. The van der Waals surface area contributed by atoms with Crippen LogP contribution in [0.2, 0.25) is 0 Å². The van der Waals surface area contributed by atoms with E-state index in [0.29, 0.717) is 0 Å². The Labute approximate surface area is 122 Å². The van der Waals surface area contributed by atoms with Crippen LogP contribution in [0.5, 0.6) is 5.75 Å². The Kier molecular flexibility index (Phi) is 8.23. The molecule has 0 aromatic heterocycles. The zero-order valence-corrected chi connectivity index (χ0v) is 12.9. The van der Waals surface area contributed by atoms with Crippen LogP contribution < -0.4 is 10.1 Å². The lowest BCUT2D eigenvalue weighted by atomic mass is 10.1. The van der Waals surface area contributed by atoms with Crippen molar-refractivity contribution >= 4 is 17.2 Å². The van der Waals surface area contributed by atoms with Crippen molar-refractivity contribution in [2.45, 2.75) is 45.4 Å². The first-order valence-electron chi connectivity index (χ1n) is 7.20. The van der Waals surface area contributed by atoms with Crippen LogP contribution in [0.25, 0.3) is 0 Å². The van der Waals surface area contributed by atoms with E-state index in [4.69, 9.17) is 17.0 Å². The number of ether oxygens (including phenoxy) is 1. The van der Waals surface area contributed by atoms with E-state index in [1.54, 1.807) is 7.11 Å². The Morgan fingerprint density at radius 1 is 1.05 bits per heavy atom.